The molecule has 0 aromatic carbocycles. The molecule has 2 N–H and O–H groups in total. The van der Waals surface area contributed by atoms with Crippen LogP contribution in [0.3, 0.4) is 0 Å². The predicted octanol–water partition coefficient (Wildman–Crippen LogP) is 2.13. The molecule has 3 nitrogen and oxygen atoms in total. The van der Waals surface area contributed by atoms with Crippen molar-refractivity contribution in [2.75, 3.05) is 0 Å². The van der Waals surface area contributed by atoms with Crippen LogP contribution in [0, 0.1) is 0 Å². The van der Waals surface area contributed by atoms with Crippen molar-refractivity contribution in [1.29, 1.82) is 0 Å². The zero-order chi connectivity index (χ0) is 11.1. The predicted molar refractivity (Wildman–Crippen MR) is 59.7 cm³/mol. The second kappa shape index (κ2) is 7.12. The first kappa shape index (κ1) is 13.8. The average molecular weight is 220 g/mol. The van der Waals surface area contributed by atoms with Gasteiger partial charge in [-0.3, -0.25) is 4.79 Å². The van der Waals surface area contributed by atoms with E-state index < -0.39 is 12.1 Å². The lowest BCUT2D eigenvalue weighted by Gasteiger charge is -2.19. The number of carbonyl (C=O) groups is 1. The molecule has 0 saturated carbocycles. The number of aliphatic carboxylic acids is 1. The summed E-state index contributed by atoms with van der Waals surface area (Å²) < 4.78 is 0. The van der Waals surface area contributed by atoms with Gasteiger partial charge in [0.05, 0.1) is 6.10 Å². The molecule has 0 aromatic heterocycles. The van der Waals surface area contributed by atoms with E-state index >= 15 is 0 Å². The molecule has 0 saturated heterocycles. The van der Waals surface area contributed by atoms with Crippen LogP contribution >= 0.6 is 11.8 Å². The molecule has 0 heterocycles. The van der Waals surface area contributed by atoms with E-state index in [1.165, 1.54) is 11.8 Å². The molecule has 0 aliphatic rings. The summed E-state index contributed by atoms with van der Waals surface area (Å²) in [5, 5.41) is 17.8. The number of aliphatic hydroxyl groups is 1. The van der Waals surface area contributed by atoms with Crippen LogP contribution in [0.25, 0.3) is 0 Å². The van der Waals surface area contributed by atoms with Crippen LogP contribution in [0.2, 0.25) is 0 Å². The Morgan fingerprint density at radius 3 is 2.36 bits per heavy atom. The van der Waals surface area contributed by atoms with Gasteiger partial charge in [-0.1, -0.05) is 26.7 Å². The smallest absolute Gasteiger partial charge is 0.316 e. The fourth-order valence-corrected chi connectivity index (χ4v) is 2.18. The molecule has 0 fully saturated rings. The third-order valence-electron chi connectivity index (χ3n) is 2.15. The largest absolute Gasteiger partial charge is 0.480 e. The molecule has 0 rings (SSSR count). The van der Waals surface area contributed by atoms with Crippen molar-refractivity contribution in [2.24, 2.45) is 0 Å². The number of hydrogen-bond donors (Lipinski definition) is 2. The van der Waals surface area contributed by atoms with Gasteiger partial charge < -0.3 is 10.2 Å². The lowest BCUT2D eigenvalue weighted by Crippen LogP contribution is -2.24. The summed E-state index contributed by atoms with van der Waals surface area (Å²) in [6.07, 6.45) is 2.17. The first-order valence-corrected chi connectivity index (χ1v) is 5.99. The van der Waals surface area contributed by atoms with E-state index in [1.54, 1.807) is 6.92 Å². The summed E-state index contributed by atoms with van der Waals surface area (Å²) in [5.74, 6) is -0.768. The Hall–Kier alpha value is -0.220. The van der Waals surface area contributed by atoms with Crippen molar-refractivity contribution >= 4 is 17.7 Å². The van der Waals surface area contributed by atoms with Gasteiger partial charge >= 0.3 is 5.97 Å². The second-order valence-electron chi connectivity index (χ2n) is 3.55. The Morgan fingerprint density at radius 1 is 1.43 bits per heavy atom. The van der Waals surface area contributed by atoms with Gasteiger partial charge in [-0.15, -0.1) is 11.8 Å². The average Bonchev–Trinajstić information content (AvgIpc) is 2.10. The fraction of sp³-hybridized carbons (Fsp3) is 0.900. The first-order chi connectivity index (χ1) is 6.49. The Kier molecular flexibility index (Phi) is 7.01. The molecular weight excluding hydrogens is 200 g/mol. The Labute approximate surface area is 89.9 Å². The van der Waals surface area contributed by atoms with Crippen molar-refractivity contribution in [2.45, 2.75) is 56.6 Å². The number of thioether (sulfide) groups is 1. The van der Waals surface area contributed by atoms with Crippen molar-refractivity contribution < 1.29 is 15.0 Å². The summed E-state index contributed by atoms with van der Waals surface area (Å²) in [6.45, 7) is 5.59. The zero-order valence-corrected chi connectivity index (χ0v) is 9.88. The standard InChI is InChI=1S/C10H20O3S/c1-4-5-6-9(10(12)13)14-8(3)7(2)11/h7-9,11H,4-6H2,1-3H3,(H,12,13). The summed E-state index contributed by atoms with van der Waals surface area (Å²) >= 11 is 1.35. The lowest BCUT2D eigenvalue weighted by molar-refractivity contribution is -0.136. The summed E-state index contributed by atoms with van der Waals surface area (Å²) in [4.78, 5) is 10.9. The number of unbranched alkanes of at least 4 members (excludes halogenated alkanes) is 1. The molecule has 3 unspecified atom stereocenters. The van der Waals surface area contributed by atoms with Crippen LogP contribution in [0.1, 0.15) is 40.0 Å². The SMILES string of the molecule is CCCCC(SC(C)C(C)O)C(=O)O. The van der Waals surface area contributed by atoms with E-state index in [4.69, 9.17) is 5.11 Å². The maximum Gasteiger partial charge on any atom is 0.316 e. The molecule has 0 spiro atoms. The minimum Gasteiger partial charge on any atom is -0.480 e. The Bertz CT molecular complexity index is 171. The van der Waals surface area contributed by atoms with Gasteiger partial charge in [0, 0.05) is 5.25 Å². The molecular formula is C10H20O3S. The van der Waals surface area contributed by atoms with E-state index in [9.17, 15) is 9.90 Å². The molecule has 4 heteroatoms. The van der Waals surface area contributed by atoms with Crippen LogP contribution in [0.5, 0.6) is 0 Å². The van der Waals surface area contributed by atoms with Gasteiger partial charge in [0.15, 0.2) is 0 Å². The van der Waals surface area contributed by atoms with Crippen LogP contribution in [-0.2, 0) is 4.79 Å². The normalized spacial score (nSPS) is 17.4. The summed E-state index contributed by atoms with van der Waals surface area (Å²) in [7, 11) is 0. The monoisotopic (exact) mass is 220 g/mol. The minimum absolute atomic E-state index is 0.0204. The molecule has 84 valence electrons. The van der Waals surface area contributed by atoms with Crippen molar-refractivity contribution in [1.82, 2.24) is 0 Å². The van der Waals surface area contributed by atoms with Crippen LogP contribution in [0.4, 0.5) is 0 Å². The molecule has 0 amide bonds. The Balaban J connectivity index is 4.02. The van der Waals surface area contributed by atoms with E-state index in [1.807, 2.05) is 13.8 Å². The molecule has 0 aliphatic carbocycles. The van der Waals surface area contributed by atoms with Crippen LogP contribution < -0.4 is 0 Å². The highest BCUT2D eigenvalue weighted by Crippen LogP contribution is 2.24. The topological polar surface area (TPSA) is 57.5 Å². The van der Waals surface area contributed by atoms with Gasteiger partial charge in [0.25, 0.3) is 0 Å². The van der Waals surface area contributed by atoms with E-state index in [0.29, 0.717) is 6.42 Å². The van der Waals surface area contributed by atoms with Gasteiger partial charge in [-0.2, -0.15) is 0 Å². The highest BCUT2D eigenvalue weighted by Gasteiger charge is 2.22. The van der Waals surface area contributed by atoms with Gasteiger partial charge in [0.1, 0.15) is 5.25 Å². The van der Waals surface area contributed by atoms with E-state index in [2.05, 4.69) is 0 Å². The number of hydrogen-bond acceptors (Lipinski definition) is 3. The summed E-state index contributed by atoms with van der Waals surface area (Å²) in [6, 6.07) is 0. The molecule has 0 aliphatic heterocycles. The minimum atomic E-state index is -0.768. The Morgan fingerprint density at radius 2 is 2.00 bits per heavy atom. The molecule has 0 bridgehead atoms. The van der Waals surface area contributed by atoms with E-state index in [0.717, 1.165) is 12.8 Å². The number of carboxylic acids is 1. The van der Waals surface area contributed by atoms with Crippen molar-refractivity contribution in [3.8, 4) is 0 Å². The van der Waals surface area contributed by atoms with E-state index in [-0.39, 0.29) is 10.5 Å². The maximum absolute atomic E-state index is 10.9. The number of aliphatic hydroxyl groups excluding tert-OH is 1. The molecule has 14 heavy (non-hydrogen) atoms. The van der Waals surface area contributed by atoms with Gasteiger partial charge in [-0.05, 0) is 13.3 Å². The first-order valence-electron chi connectivity index (χ1n) is 5.05. The zero-order valence-electron chi connectivity index (χ0n) is 9.06. The quantitative estimate of drug-likeness (QED) is 0.690. The van der Waals surface area contributed by atoms with Crippen LogP contribution in [0.15, 0.2) is 0 Å². The van der Waals surface area contributed by atoms with Gasteiger partial charge in [-0.25, -0.2) is 0 Å². The molecule has 3 atom stereocenters. The third-order valence-corrected chi connectivity index (χ3v) is 3.74. The third kappa shape index (κ3) is 5.50. The second-order valence-corrected chi connectivity index (χ2v) is 5.14. The van der Waals surface area contributed by atoms with Crippen molar-refractivity contribution in [3.05, 3.63) is 0 Å². The molecule has 0 aromatic rings. The lowest BCUT2D eigenvalue weighted by atomic mass is 10.2. The van der Waals surface area contributed by atoms with Gasteiger partial charge in [0.2, 0.25) is 0 Å². The highest BCUT2D eigenvalue weighted by atomic mass is 32.2. The number of carboxylic acid groups (broad SMARTS) is 1. The highest BCUT2D eigenvalue weighted by molar-refractivity contribution is 8.01. The fourth-order valence-electron chi connectivity index (χ4n) is 1.01. The van der Waals surface area contributed by atoms with Crippen LogP contribution in [-0.4, -0.2) is 32.8 Å². The summed E-state index contributed by atoms with van der Waals surface area (Å²) in [5.41, 5.74) is 0. The maximum atomic E-state index is 10.9. The van der Waals surface area contributed by atoms with Crippen molar-refractivity contribution in [3.63, 3.8) is 0 Å². The number of rotatable bonds is 7. The molecule has 0 radical (unpaired) electrons.